The van der Waals surface area contributed by atoms with E-state index in [1.165, 1.54) is 0 Å². The Kier molecular flexibility index (Phi) is 6.59. The Bertz CT molecular complexity index is 701. The van der Waals surface area contributed by atoms with E-state index >= 15 is 0 Å². The van der Waals surface area contributed by atoms with Gasteiger partial charge in [-0.1, -0.05) is 27.7 Å². The molecule has 0 amide bonds. The van der Waals surface area contributed by atoms with Gasteiger partial charge in [-0.15, -0.1) is 0 Å². The number of nitriles is 1. The second-order valence-corrected chi connectivity index (χ2v) is 6.04. The molecule has 130 valence electrons. The van der Waals surface area contributed by atoms with Gasteiger partial charge in [0.1, 0.15) is 6.07 Å². The van der Waals surface area contributed by atoms with Crippen molar-refractivity contribution in [1.82, 2.24) is 9.61 Å². The predicted octanol–water partition coefficient (Wildman–Crippen LogP) is 3.56. The second kappa shape index (κ2) is 7.82. The zero-order valence-corrected chi connectivity index (χ0v) is 16.0. The number of aromatic nitrogens is 2. The standard InChI is InChI=1S/C14H16BN3O2.2C2H6/c1-13(2)14(3,4)20-15(19-13)12-6-5-11-7-10(8-16)9-17-18(11)12;2*1-2/h5-7,9H,1-4H3;2*1-2H3. The largest absolute Gasteiger partial charge is 0.514 e. The Morgan fingerprint density at radius 2 is 1.58 bits per heavy atom. The lowest BCUT2D eigenvalue weighted by Gasteiger charge is -2.32. The van der Waals surface area contributed by atoms with Crippen molar-refractivity contribution in [1.29, 1.82) is 5.26 Å². The van der Waals surface area contributed by atoms with Crippen molar-refractivity contribution < 1.29 is 9.31 Å². The molecule has 1 aliphatic rings. The van der Waals surface area contributed by atoms with Crippen molar-refractivity contribution in [3.63, 3.8) is 0 Å². The normalized spacial score (nSPS) is 17.4. The van der Waals surface area contributed by atoms with Crippen molar-refractivity contribution in [2.24, 2.45) is 0 Å². The molecule has 0 N–H and O–H groups in total. The van der Waals surface area contributed by atoms with E-state index in [0.717, 1.165) is 11.1 Å². The van der Waals surface area contributed by atoms with Gasteiger partial charge in [-0.05, 0) is 45.9 Å². The third kappa shape index (κ3) is 3.63. The van der Waals surface area contributed by atoms with Gasteiger partial charge in [0.2, 0.25) is 0 Å². The molecule has 24 heavy (non-hydrogen) atoms. The Morgan fingerprint density at radius 3 is 2.08 bits per heavy atom. The summed E-state index contributed by atoms with van der Waals surface area (Å²) in [7, 11) is -0.456. The Morgan fingerprint density at radius 1 is 1.04 bits per heavy atom. The van der Waals surface area contributed by atoms with Gasteiger partial charge in [0, 0.05) is 0 Å². The van der Waals surface area contributed by atoms with E-state index in [9.17, 15) is 0 Å². The highest BCUT2D eigenvalue weighted by Crippen LogP contribution is 2.36. The number of rotatable bonds is 1. The first-order chi connectivity index (χ1) is 11.3. The highest BCUT2D eigenvalue weighted by molar-refractivity contribution is 6.61. The summed E-state index contributed by atoms with van der Waals surface area (Å²) >= 11 is 0. The summed E-state index contributed by atoms with van der Waals surface area (Å²) in [5.74, 6) is 0. The van der Waals surface area contributed by atoms with E-state index in [1.807, 2.05) is 67.5 Å². The number of hydrogen-bond donors (Lipinski definition) is 0. The molecular weight excluding hydrogens is 301 g/mol. The van der Waals surface area contributed by atoms with Crippen LogP contribution in [0.15, 0.2) is 24.4 Å². The lowest BCUT2D eigenvalue weighted by molar-refractivity contribution is 0.00578. The molecule has 0 radical (unpaired) electrons. The molecule has 0 atom stereocenters. The van der Waals surface area contributed by atoms with Crippen molar-refractivity contribution >= 4 is 18.2 Å². The molecule has 5 nitrogen and oxygen atoms in total. The summed E-state index contributed by atoms with van der Waals surface area (Å²) in [5, 5.41) is 13.2. The van der Waals surface area contributed by atoms with Crippen LogP contribution in [0.4, 0.5) is 0 Å². The molecule has 3 heterocycles. The molecule has 0 aliphatic carbocycles. The van der Waals surface area contributed by atoms with Crippen LogP contribution in [-0.4, -0.2) is 27.9 Å². The van der Waals surface area contributed by atoms with Gasteiger partial charge < -0.3 is 9.31 Å². The topological polar surface area (TPSA) is 59.5 Å². The minimum atomic E-state index is -0.456. The molecule has 3 rings (SSSR count). The third-order valence-corrected chi connectivity index (χ3v) is 4.15. The van der Waals surface area contributed by atoms with E-state index in [4.69, 9.17) is 14.6 Å². The quantitative estimate of drug-likeness (QED) is 0.751. The van der Waals surface area contributed by atoms with E-state index in [2.05, 4.69) is 11.2 Å². The molecule has 1 fully saturated rings. The van der Waals surface area contributed by atoms with Crippen LogP contribution in [0.5, 0.6) is 0 Å². The van der Waals surface area contributed by atoms with Gasteiger partial charge in [0.05, 0.1) is 34.1 Å². The summed E-state index contributed by atoms with van der Waals surface area (Å²) < 4.78 is 13.8. The fourth-order valence-electron chi connectivity index (χ4n) is 2.22. The monoisotopic (exact) mass is 329 g/mol. The fraction of sp³-hybridized carbons (Fsp3) is 0.556. The maximum absolute atomic E-state index is 8.90. The lowest BCUT2D eigenvalue weighted by Crippen LogP contribution is -2.41. The lowest BCUT2D eigenvalue weighted by atomic mass is 9.85. The summed E-state index contributed by atoms with van der Waals surface area (Å²) in [6.45, 7) is 16.1. The van der Waals surface area contributed by atoms with E-state index in [1.54, 1.807) is 16.8 Å². The fourth-order valence-corrected chi connectivity index (χ4v) is 2.22. The van der Waals surface area contributed by atoms with Crippen molar-refractivity contribution in [3.05, 3.63) is 30.0 Å². The number of nitrogens with zero attached hydrogens (tertiary/aromatic N) is 3. The highest BCUT2D eigenvalue weighted by Gasteiger charge is 2.52. The van der Waals surface area contributed by atoms with Crippen LogP contribution in [0.2, 0.25) is 0 Å². The van der Waals surface area contributed by atoms with E-state index in [-0.39, 0.29) is 11.2 Å². The van der Waals surface area contributed by atoms with Crippen molar-refractivity contribution in [3.8, 4) is 6.07 Å². The van der Waals surface area contributed by atoms with Gasteiger partial charge in [0.15, 0.2) is 0 Å². The first kappa shape index (κ1) is 20.2. The zero-order chi connectivity index (χ0) is 18.5. The van der Waals surface area contributed by atoms with Gasteiger partial charge in [0.25, 0.3) is 0 Å². The SMILES string of the molecule is CC.CC.CC1(C)OB(c2ccc3cc(C#N)cnn23)OC1(C)C. The van der Waals surface area contributed by atoms with Gasteiger partial charge >= 0.3 is 7.12 Å². The van der Waals surface area contributed by atoms with Crippen LogP contribution in [0.25, 0.3) is 5.52 Å². The highest BCUT2D eigenvalue weighted by atomic mass is 16.7. The molecule has 0 saturated carbocycles. The van der Waals surface area contributed by atoms with Crippen LogP contribution in [0.1, 0.15) is 61.0 Å². The molecule has 2 aromatic rings. The third-order valence-electron chi connectivity index (χ3n) is 4.15. The number of hydrogen-bond acceptors (Lipinski definition) is 4. The summed E-state index contributed by atoms with van der Waals surface area (Å²) in [6, 6.07) is 7.71. The Balaban J connectivity index is 0.000000671. The summed E-state index contributed by atoms with van der Waals surface area (Å²) in [5.41, 5.74) is 1.47. The summed E-state index contributed by atoms with van der Waals surface area (Å²) in [6.07, 6.45) is 1.54. The van der Waals surface area contributed by atoms with Crippen LogP contribution >= 0.6 is 0 Å². The molecule has 0 unspecified atom stereocenters. The average Bonchev–Trinajstić information content (AvgIpc) is 3.08. The molecule has 1 saturated heterocycles. The predicted molar refractivity (Wildman–Crippen MR) is 98.3 cm³/mol. The van der Waals surface area contributed by atoms with Crippen LogP contribution in [0, 0.1) is 11.3 Å². The van der Waals surface area contributed by atoms with Gasteiger partial charge in [-0.2, -0.15) is 10.4 Å². The van der Waals surface area contributed by atoms with E-state index < -0.39 is 7.12 Å². The van der Waals surface area contributed by atoms with E-state index in [0.29, 0.717) is 5.56 Å². The van der Waals surface area contributed by atoms with Crippen molar-refractivity contribution in [2.75, 3.05) is 0 Å². The molecule has 0 aromatic carbocycles. The van der Waals surface area contributed by atoms with Crippen LogP contribution in [-0.2, 0) is 9.31 Å². The molecule has 0 bridgehead atoms. The minimum Gasteiger partial charge on any atom is -0.398 e. The molecule has 0 spiro atoms. The van der Waals surface area contributed by atoms with Gasteiger partial charge in [-0.3, -0.25) is 0 Å². The molecular formula is C18H28BN3O2. The number of fused-ring (bicyclic) bond motifs is 1. The molecule has 6 heteroatoms. The molecule has 2 aromatic heterocycles. The smallest absolute Gasteiger partial charge is 0.398 e. The minimum absolute atomic E-state index is 0.381. The second-order valence-electron chi connectivity index (χ2n) is 6.04. The zero-order valence-electron chi connectivity index (χ0n) is 16.0. The first-order valence-corrected chi connectivity index (χ1v) is 8.57. The first-order valence-electron chi connectivity index (χ1n) is 8.57. The Hall–Kier alpha value is -1.84. The maximum atomic E-state index is 8.90. The van der Waals surface area contributed by atoms with Gasteiger partial charge in [-0.25, -0.2) is 4.52 Å². The van der Waals surface area contributed by atoms with Crippen LogP contribution < -0.4 is 5.59 Å². The van der Waals surface area contributed by atoms with Crippen LogP contribution in [0.3, 0.4) is 0 Å². The average molecular weight is 329 g/mol. The van der Waals surface area contributed by atoms with Crippen molar-refractivity contribution in [2.45, 2.75) is 66.6 Å². The Labute approximate surface area is 145 Å². The maximum Gasteiger partial charge on any atom is 0.514 e. The molecule has 1 aliphatic heterocycles. The summed E-state index contributed by atoms with van der Waals surface area (Å²) in [4.78, 5) is 0.